The topological polar surface area (TPSA) is 41.9 Å². The molecule has 0 unspecified atom stereocenters. The van der Waals surface area contributed by atoms with Crippen LogP contribution in [0.15, 0.2) is 30.5 Å². The summed E-state index contributed by atoms with van der Waals surface area (Å²) in [6.07, 6.45) is 1.89. The third kappa shape index (κ3) is 3.57. The molecule has 0 aliphatic carbocycles. The van der Waals surface area contributed by atoms with Gasteiger partial charge in [0.05, 0.1) is 6.20 Å². The summed E-state index contributed by atoms with van der Waals surface area (Å²) in [6, 6.07) is 8.15. The van der Waals surface area contributed by atoms with Crippen molar-refractivity contribution in [1.82, 2.24) is 15.1 Å². The second kappa shape index (κ2) is 6.52. The number of nitrogens with one attached hydrogen (secondary N) is 2. The number of nitrogens with zero attached hydrogens (tertiary/aromatic N) is 2. The molecule has 1 heterocycles. The molecule has 1 aromatic heterocycles. The number of hydrogen-bond acceptors (Lipinski definition) is 2. The molecule has 0 spiro atoms. The zero-order valence-corrected chi connectivity index (χ0v) is 12.9. The van der Waals surface area contributed by atoms with Crippen molar-refractivity contribution in [3.63, 3.8) is 0 Å². The van der Waals surface area contributed by atoms with Crippen LogP contribution in [-0.4, -0.2) is 14.9 Å². The Morgan fingerprint density at radius 3 is 2.55 bits per heavy atom. The number of rotatable bonds is 4. The molecular weight excluding hydrogens is 268 g/mol. The minimum atomic E-state index is 0.623. The van der Waals surface area contributed by atoms with E-state index in [2.05, 4.69) is 48.6 Å². The summed E-state index contributed by atoms with van der Waals surface area (Å²) in [5.74, 6) is 0. The van der Waals surface area contributed by atoms with Gasteiger partial charge in [-0.25, -0.2) is 0 Å². The van der Waals surface area contributed by atoms with E-state index >= 15 is 0 Å². The summed E-state index contributed by atoms with van der Waals surface area (Å²) in [4.78, 5) is 0. The molecule has 0 amide bonds. The van der Waals surface area contributed by atoms with Crippen LogP contribution in [-0.2, 0) is 13.1 Å². The molecular formula is C15H20N4S. The fourth-order valence-electron chi connectivity index (χ4n) is 1.97. The lowest BCUT2D eigenvalue weighted by molar-refractivity contribution is 0.638. The lowest BCUT2D eigenvalue weighted by Gasteiger charge is -2.10. The number of aromatic nitrogens is 2. The maximum Gasteiger partial charge on any atom is 0.171 e. The summed E-state index contributed by atoms with van der Waals surface area (Å²) in [5.41, 5.74) is 4.57. The van der Waals surface area contributed by atoms with E-state index in [-0.39, 0.29) is 0 Å². The Bertz CT molecular complexity index is 586. The van der Waals surface area contributed by atoms with Gasteiger partial charge >= 0.3 is 0 Å². The highest BCUT2D eigenvalue weighted by atomic mass is 32.1. The maximum absolute atomic E-state index is 5.30. The number of benzene rings is 1. The number of aryl methyl sites for hydroxylation is 2. The number of hydrogen-bond donors (Lipinski definition) is 2. The Kier molecular flexibility index (Phi) is 4.74. The van der Waals surface area contributed by atoms with Gasteiger partial charge in [0.15, 0.2) is 5.11 Å². The standard InChI is InChI=1S/C15H20N4S/c1-4-19-12(3)13(10-17-19)9-16-15(20)18-14-7-5-11(2)6-8-14/h5-8,10H,4,9H2,1-3H3,(H2,16,18,20). The minimum absolute atomic E-state index is 0.623. The summed E-state index contributed by atoms with van der Waals surface area (Å²) < 4.78 is 1.98. The predicted octanol–water partition coefficient (Wildman–Crippen LogP) is 3.01. The normalized spacial score (nSPS) is 10.3. The lowest BCUT2D eigenvalue weighted by Crippen LogP contribution is -2.28. The van der Waals surface area contributed by atoms with E-state index in [0.717, 1.165) is 12.2 Å². The van der Waals surface area contributed by atoms with Crippen LogP contribution in [0.25, 0.3) is 0 Å². The zero-order valence-electron chi connectivity index (χ0n) is 12.1. The van der Waals surface area contributed by atoms with E-state index in [1.807, 2.05) is 23.0 Å². The van der Waals surface area contributed by atoms with Crippen molar-refractivity contribution in [2.24, 2.45) is 0 Å². The van der Waals surface area contributed by atoms with Gasteiger partial charge in [0, 0.05) is 30.0 Å². The molecule has 0 saturated carbocycles. The maximum atomic E-state index is 5.30. The third-order valence-corrected chi connectivity index (χ3v) is 3.50. The minimum Gasteiger partial charge on any atom is -0.358 e. The molecule has 20 heavy (non-hydrogen) atoms. The van der Waals surface area contributed by atoms with Gasteiger partial charge in [0.2, 0.25) is 0 Å². The van der Waals surface area contributed by atoms with E-state index in [9.17, 15) is 0 Å². The van der Waals surface area contributed by atoms with Crippen LogP contribution in [0.1, 0.15) is 23.7 Å². The second-order valence-corrected chi connectivity index (χ2v) is 5.15. The van der Waals surface area contributed by atoms with Gasteiger partial charge in [-0.3, -0.25) is 4.68 Å². The van der Waals surface area contributed by atoms with Crippen LogP contribution in [0.2, 0.25) is 0 Å². The van der Waals surface area contributed by atoms with Gasteiger partial charge in [-0.05, 0) is 45.1 Å². The Hall–Kier alpha value is -1.88. The van der Waals surface area contributed by atoms with E-state index in [1.54, 1.807) is 0 Å². The summed E-state index contributed by atoms with van der Waals surface area (Å²) in [6.45, 7) is 7.79. The van der Waals surface area contributed by atoms with Crippen molar-refractivity contribution in [2.75, 3.05) is 5.32 Å². The molecule has 106 valence electrons. The van der Waals surface area contributed by atoms with Gasteiger partial charge in [0.1, 0.15) is 0 Å². The Morgan fingerprint density at radius 1 is 1.25 bits per heavy atom. The molecule has 4 nitrogen and oxygen atoms in total. The first-order valence-corrected chi connectivity index (χ1v) is 7.13. The third-order valence-electron chi connectivity index (χ3n) is 3.25. The molecule has 1 aromatic carbocycles. The van der Waals surface area contributed by atoms with Gasteiger partial charge in [-0.15, -0.1) is 0 Å². The van der Waals surface area contributed by atoms with Crippen molar-refractivity contribution in [3.05, 3.63) is 47.3 Å². The average molecular weight is 288 g/mol. The highest BCUT2D eigenvalue weighted by molar-refractivity contribution is 7.80. The van der Waals surface area contributed by atoms with Gasteiger partial charge in [-0.2, -0.15) is 5.10 Å². The predicted molar refractivity (Wildman–Crippen MR) is 86.9 cm³/mol. The van der Waals surface area contributed by atoms with Gasteiger partial charge < -0.3 is 10.6 Å². The first kappa shape index (κ1) is 14.5. The van der Waals surface area contributed by atoms with E-state index in [4.69, 9.17) is 12.2 Å². The Morgan fingerprint density at radius 2 is 1.95 bits per heavy atom. The van der Waals surface area contributed by atoms with Crippen molar-refractivity contribution in [1.29, 1.82) is 0 Å². The molecule has 0 radical (unpaired) electrons. The quantitative estimate of drug-likeness (QED) is 0.849. The van der Waals surface area contributed by atoms with Gasteiger partial charge in [-0.1, -0.05) is 17.7 Å². The molecule has 2 aromatic rings. The van der Waals surface area contributed by atoms with Crippen molar-refractivity contribution in [2.45, 2.75) is 33.9 Å². The fourth-order valence-corrected chi connectivity index (χ4v) is 2.16. The smallest absolute Gasteiger partial charge is 0.171 e. The number of thiocarbonyl (C=S) groups is 1. The monoisotopic (exact) mass is 288 g/mol. The molecule has 0 aliphatic heterocycles. The lowest BCUT2D eigenvalue weighted by atomic mass is 10.2. The average Bonchev–Trinajstić information content (AvgIpc) is 2.79. The number of anilines is 1. The largest absolute Gasteiger partial charge is 0.358 e. The van der Waals surface area contributed by atoms with Crippen LogP contribution in [0, 0.1) is 13.8 Å². The molecule has 0 saturated heterocycles. The second-order valence-electron chi connectivity index (χ2n) is 4.74. The van der Waals surface area contributed by atoms with Crippen LogP contribution >= 0.6 is 12.2 Å². The highest BCUT2D eigenvalue weighted by Gasteiger charge is 2.05. The first-order valence-electron chi connectivity index (χ1n) is 6.73. The molecule has 2 rings (SSSR count). The summed E-state index contributed by atoms with van der Waals surface area (Å²) in [5, 5.41) is 11.3. The molecule has 2 N–H and O–H groups in total. The molecule has 0 atom stereocenters. The molecule has 0 bridgehead atoms. The molecule has 5 heteroatoms. The first-order chi connectivity index (χ1) is 9.60. The molecule has 0 fully saturated rings. The van der Waals surface area contributed by atoms with Crippen LogP contribution < -0.4 is 10.6 Å². The van der Waals surface area contributed by atoms with E-state index < -0.39 is 0 Å². The van der Waals surface area contributed by atoms with Crippen molar-refractivity contribution in [3.8, 4) is 0 Å². The fraction of sp³-hybridized carbons (Fsp3) is 0.333. The SMILES string of the molecule is CCn1ncc(CNC(=S)Nc2ccc(C)cc2)c1C. The summed E-state index contributed by atoms with van der Waals surface area (Å²) in [7, 11) is 0. The molecule has 0 aliphatic rings. The van der Waals surface area contributed by atoms with Crippen molar-refractivity contribution >= 4 is 23.0 Å². The van der Waals surface area contributed by atoms with Crippen LogP contribution in [0.3, 0.4) is 0 Å². The van der Waals surface area contributed by atoms with E-state index in [1.165, 1.54) is 16.8 Å². The van der Waals surface area contributed by atoms with Gasteiger partial charge in [0.25, 0.3) is 0 Å². The van der Waals surface area contributed by atoms with Crippen LogP contribution in [0.4, 0.5) is 5.69 Å². The van der Waals surface area contributed by atoms with Crippen LogP contribution in [0.5, 0.6) is 0 Å². The van der Waals surface area contributed by atoms with Crippen molar-refractivity contribution < 1.29 is 0 Å². The van der Waals surface area contributed by atoms with E-state index in [0.29, 0.717) is 11.7 Å². The highest BCUT2D eigenvalue weighted by Crippen LogP contribution is 2.09. The zero-order chi connectivity index (χ0) is 14.5. The Balaban J connectivity index is 1.88. The summed E-state index contributed by atoms with van der Waals surface area (Å²) >= 11 is 5.30. The Labute approximate surface area is 125 Å².